The average molecular weight is 407 g/mol. The molecule has 2 aromatic carbocycles. The van der Waals surface area contributed by atoms with E-state index < -0.39 is 0 Å². The molecule has 0 amide bonds. The summed E-state index contributed by atoms with van der Waals surface area (Å²) >= 11 is 0. The largest absolute Gasteiger partial charge is 0.497 e. The van der Waals surface area contributed by atoms with Gasteiger partial charge in [0.25, 0.3) is 0 Å². The van der Waals surface area contributed by atoms with E-state index in [1.165, 1.54) is 37.0 Å². The van der Waals surface area contributed by atoms with Crippen LogP contribution in [-0.2, 0) is 20.0 Å². The van der Waals surface area contributed by atoms with Crippen LogP contribution in [-0.4, -0.2) is 59.7 Å². The van der Waals surface area contributed by atoms with Crippen molar-refractivity contribution in [2.45, 2.75) is 25.8 Å². The van der Waals surface area contributed by atoms with Crippen LogP contribution in [0.4, 0.5) is 0 Å². The third kappa shape index (κ3) is 5.02. The number of nitrogens with zero attached hydrogens (tertiary/aromatic N) is 4. The number of piperidine rings is 1. The SMILES string of the molecule is COc1ccc(CCN2CCCC(CN(C)Cc3nc4ccccc4n3C)C2)cc1. The fraction of sp³-hybridized carbons (Fsp3) is 0.480. The van der Waals surface area contributed by atoms with Crippen LogP contribution in [0.5, 0.6) is 5.75 Å². The summed E-state index contributed by atoms with van der Waals surface area (Å²) in [7, 11) is 6.08. The van der Waals surface area contributed by atoms with Crippen LogP contribution in [0.1, 0.15) is 24.2 Å². The van der Waals surface area contributed by atoms with E-state index in [9.17, 15) is 0 Å². The van der Waals surface area contributed by atoms with Gasteiger partial charge in [0.2, 0.25) is 0 Å². The molecule has 1 saturated heterocycles. The molecule has 5 nitrogen and oxygen atoms in total. The van der Waals surface area contributed by atoms with Crippen molar-refractivity contribution in [1.82, 2.24) is 19.4 Å². The molecule has 1 fully saturated rings. The fourth-order valence-corrected chi connectivity index (χ4v) is 4.67. The van der Waals surface area contributed by atoms with Gasteiger partial charge in [0.05, 0.1) is 24.7 Å². The number of aromatic nitrogens is 2. The average Bonchev–Trinajstić information content (AvgIpc) is 3.08. The highest BCUT2D eigenvalue weighted by Crippen LogP contribution is 2.20. The van der Waals surface area contributed by atoms with E-state index in [4.69, 9.17) is 9.72 Å². The van der Waals surface area contributed by atoms with Gasteiger partial charge in [-0.3, -0.25) is 4.90 Å². The predicted molar refractivity (Wildman–Crippen MR) is 123 cm³/mol. The molecule has 1 aliphatic heterocycles. The maximum absolute atomic E-state index is 5.26. The van der Waals surface area contributed by atoms with Crippen LogP contribution in [0.15, 0.2) is 48.5 Å². The first-order valence-electron chi connectivity index (χ1n) is 11.1. The van der Waals surface area contributed by atoms with Crippen molar-refractivity contribution in [2.24, 2.45) is 13.0 Å². The van der Waals surface area contributed by atoms with Crippen LogP contribution >= 0.6 is 0 Å². The van der Waals surface area contributed by atoms with Crippen molar-refractivity contribution in [1.29, 1.82) is 0 Å². The van der Waals surface area contributed by atoms with Crippen molar-refractivity contribution in [3.05, 3.63) is 59.9 Å². The quantitative estimate of drug-likeness (QED) is 0.567. The first kappa shape index (κ1) is 20.9. The molecule has 160 valence electrons. The Bertz CT molecular complexity index is 949. The lowest BCUT2D eigenvalue weighted by atomic mass is 9.97. The Kier molecular flexibility index (Phi) is 6.70. The van der Waals surface area contributed by atoms with E-state index in [0.29, 0.717) is 0 Å². The zero-order valence-corrected chi connectivity index (χ0v) is 18.6. The molecule has 0 bridgehead atoms. The van der Waals surface area contributed by atoms with Gasteiger partial charge in [-0.15, -0.1) is 0 Å². The Morgan fingerprint density at radius 2 is 1.93 bits per heavy atom. The molecule has 1 atom stereocenters. The molecule has 3 aromatic rings. The third-order valence-corrected chi connectivity index (χ3v) is 6.34. The summed E-state index contributed by atoms with van der Waals surface area (Å²) in [4.78, 5) is 9.92. The monoisotopic (exact) mass is 406 g/mol. The number of hydrogen-bond acceptors (Lipinski definition) is 4. The molecule has 4 rings (SSSR count). The first-order valence-corrected chi connectivity index (χ1v) is 11.1. The summed E-state index contributed by atoms with van der Waals surface area (Å²) in [6.07, 6.45) is 3.73. The molecule has 0 saturated carbocycles. The van der Waals surface area contributed by atoms with E-state index >= 15 is 0 Å². The topological polar surface area (TPSA) is 33.5 Å². The first-order chi connectivity index (χ1) is 14.6. The summed E-state index contributed by atoms with van der Waals surface area (Å²) in [5, 5.41) is 0. The number of fused-ring (bicyclic) bond motifs is 1. The Labute approximate surface area is 180 Å². The molecule has 0 N–H and O–H groups in total. The van der Waals surface area contributed by atoms with E-state index in [-0.39, 0.29) is 0 Å². The minimum absolute atomic E-state index is 0.731. The zero-order valence-electron chi connectivity index (χ0n) is 18.6. The van der Waals surface area contributed by atoms with Gasteiger partial charge in [-0.25, -0.2) is 4.98 Å². The van der Waals surface area contributed by atoms with Crippen LogP contribution < -0.4 is 4.74 Å². The highest BCUT2D eigenvalue weighted by molar-refractivity contribution is 5.75. The van der Waals surface area contributed by atoms with E-state index in [1.807, 2.05) is 0 Å². The van der Waals surface area contributed by atoms with E-state index in [0.717, 1.165) is 49.1 Å². The molecule has 5 heteroatoms. The summed E-state index contributed by atoms with van der Waals surface area (Å²) in [5.41, 5.74) is 3.69. The highest BCUT2D eigenvalue weighted by Gasteiger charge is 2.21. The lowest BCUT2D eigenvalue weighted by Crippen LogP contribution is -2.41. The lowest BCUT2D eigenvalue weighted by Gasteiger charge is -2.34. The lowest BCUT2D eigenvalue weighted by molar-refractivity contribution is 0.141. The van der Waals surface area contributed by atoms with Gasteiger partial charge in [0, 0.05) is 26.7 Å². The van der Waals surface area contributed by atoms with Crippen LogP contribution in [0.3, 0.4) is 0 Å². The predicted octanol–water partition coefficient (Wildman–Crippen LogP) is 3.97. The molecular formula is C25H34N4O. The van der Waals surface area contributed by atoms with Crippen LogP contribution in [0, 0.1) is 5.92 Å². The van der Waals surface area contributed by atoms with Gasteiger partial charge < -0.3 is 14.2 Å². The summed E-state index contributed by atoms with van der Waals surface area (Å²) in [6, 6.07) is 16.9. The second-order valence-electron chi connectivity index (χ2n) is 8.68. The van der Waals surface area contributed by atoms with Crippen molar-refractivity contribution in [3.63, 3.8) is 0 Å². The van der Waals surface area contributed by atoms with Gasteiger partial charge in [-0.05, 0) is 68.6 Å². The number of methoxy groups -OCH3 is 1. The maximum Gasteiger partial charge on any atom is 0.123 e. The number of likely N-dealkylation sites (tertiary alicyclic amines) is 1. The van der Waals surface area contributed by atoms with Crippen molar-refractivity contribution in [2.75, 3.05) is 40.3 Å². The Morgan fingerprint density at radius 3 is 2.70 bits per heavy atom. The van der Waals surface area contributed by atoms with Crippen LogP contribution in [0.2, 0.25) is 0 Å². The normalized spacial score (nSPS) is 17.7. The second kappa shape index (κ2) is 9.63. The van der Waals surface area contributed by atoms with Gasteiger partial charge >= 0.3 is 0 Å². The number of aryl methyl sites for hydroxylation is 1. The zero-order chi connectivity index (χ0) is 20.9. The number of imidazole rings is 1. The highest BCUT2D eigenvalue weighted by atomic mass is 16.5. The van der Waals surface area contributed by atoms with Gasteiger partial charge in [0.1, 0.15) is 11.6 Å². The minimum atomic E-state index is 0.731. The standard InChI is InChI=1S/C25H34N4O/c1-27(19-25-26-23-8-4-5-9-24(23)28(25)2)17-21-7-6-15-29(18-21)16-14-20-10-12-22(30-3)13-11-20/h4-5,8-13,21H,6-7,14-19H2,1-3H3. The number of para-hydroxylation sites is 2. The number of ether oxygens (including phenoxy) is 1. The number of benzene rings is 2. The molecule has 0 spiro atoms. The van der Waals surface area contributed by atoms with E-state index in [2.05, 4.69) is 77.0 Å². The summed E-state index contributed by atoms with van der Waals surface area (Å²) < 4.78 is 7.49. The maximum atomic E-state index is 5.26. The van der Waals surface area contributed by atoms with E-state index in [1.54, 1.807) is 7.11 Å². The van der Waals surface area contributed by atoms with Gasteiger partial charge in [-0.2, -0.15) is 0 Å². The number of hydrogen-bond donors (Lipinski definition) is 0. The van der Waals surface area contributed by atoms with Crippen molar-refractivity contribution in [3.8, 4) is 5.75 Å². The van der Waals surface area contributed by atoms with Crippen molar-refractivity contribution < 1.29 is 4.74 Å². The molecule has 0 radical (unpaired) electrons. The Morgan fingerprint density at radius 1 is 1.13 bits per heavy atom. The molecule has 1 unspecified atom stereocenters. The molecule has 1 aromatic heterocycles. The van der Waals surface area contributed by atoms with Crippen LogP contribution in [0.25, 0.3) is 11.0 Å². The second-order valence-corrected chi connectivity index (χ2v) is 8.68. The molecule has 0 aliphatic carbocycles. The molecule has 30 heavy (non-hydrogen) atoms. The van der Waals surface area contributed by atoms with Crippen molar-refractivity contribution >= 4 is 11.0 Å². The fourth-order valence-electron chi connectivity index (χ4n) is 4.67. The molecule has 1 aliphatic rings. The smallest absolute Gasteiger partial charge is 0.123 e. The minimum Gasteiger partial charge on any atom is -0.497 e. The summed E-state index contributed by atoms with van der Waals surface area (Å²) in [6.45, 7) is 5.58. The molecular weight excluding hydrogens is 372 g/mol. The number of rotatable bonds is 8. The summed E-state index contributed by atoms with van der Waals surface area (Å²) in [5.74, 6) is 2.81. The Hall–Kier alpha value is -2.37. The van der Waals surface area contributed by atoms with Gasteiger partial charge in [0.15, 0.2) is 0 Å². The third-order valence-electron chi connectivity index (χ3n) is 6.34. The Balaban J connectivity index is 1.28. The van der Waals surface area contributed by atoms with Gasteiger partial charge in [-0.1, -0.05) is 24.3 Å². The molecule has 2 heterocycles.